The number of aromatic amines is 1. The second kappa shape index (κ2) is 10.2. The molecule has 0 spiro atoms. The number of fused-ring (bicyclic) bond motifs is 2. The number of nitrogens with zero attached hydrogens (tertiary/aromatic N) is 4. The summed E-state index contributed by atoms with van der Waals surface area (Å²) in [5, 5.41) is 16.1. The summed E-state index contributed by atoms with van der Waals surface area (Å²) in [6.07, 6.45) is 2.95. The molecule has 0 unspecified atom stereocenters. The summed E-state index contributed by atoms with van der Waals surface area (Å²) in [6.45, 7) is 1.97. The topological polar surface area (TPSA) is 129 Å². The number of pyridine rings is 1. The maximum Gasteiger partial charge on any atom is 0.303 e. The van der Waals surface area contributed by atoms with Crippen LogP contribution in [0.2, 0.25) is 0 Å². The van der Waals surface area contributed by atoms with Gasteiger partial charge in [0.25, 0.3) is 5.56 Å². The molecule has 0 aliphatic carbocycles. The summed E-state index contributed by atoms with van der Waals surface area (Å²) < 4.78 is 0. The number of aromatic nitrogens is 3. The molecule has 1 aliphatic heterocycles. The predicted molar refractivity (Wildman–Crippen MR) is 152 cm³/mol. The van der Waals surface area contributed by atoms with Crippen molar-refractivity contribution in [3.8, 4) is 11.1 Å². The van der Waals surface area contributed by atoms with Gasteiger partial charge in [-0.3, -0.25) is 24.4 Å². The van der Waals surface area contributed by atoms with Gasteiger partial charge < -0.3 is 10.1 Å². The molecule has 1 aliphatic rings. The van der Waals surface area contributed by atoms with Crippen LogP contribution < -0.4 is 5.56 Å². The van der Waals surface area contributed by atoms with E-state index in [1.165, 1.54) is 5.01 Å². The van der Waals surface area contributed by atoms with Crippen LogP contribution in [0.1, 0.15) is 42.0 Å². The summed E-state index contributed by atoms with van der Waals surface area (Å²) in [4.78, 5) is 50.0. The zero-order valence-electron chi connectivity index (χ0n) is 21.7. The van der Waals surface area contributed by atoms with Crippen molar-refractivity contribution in [2.24, 2.45) is 5.10 Å². The molecule has 0 radical (unpaired) electrons. The van der Waals surface area contributed by atoms with Gasteiger partial charge in [-0.1, -0.05) is 48.5 Å². The van der Waals surface area contributed by atoms with E-state index in [1.54, 1.807) is 12.4 Å². The van der Waals surface area contributed by atoms with Gasteiger partial charge >= 0.3 is 5.97 Å². The Bertz CT molecular complexity index is 1880. The van der Waals surface area contributed by atoms with E-state index in [1.807, 2.05) is 73.7 Å². The molecule has 0 saturated heterocycles. The molecule has 3 heterocycles. The van der Waals surface area contributed by atoms with Crippen LogP contribution in [0.3, 0.4) is 0 Å². The Labute approximate surface area is 228 Å². The van der Waals surface area contributed by atoms with Gasteiger partial charge in [-0.25, -0.2) is 5.01 Å². The van der Waals surface area contributed by atoms with Crippen molar-refractivity contribution in [1.29, 1.82) is 0 Å². The molecule has 0 fully saturated rings. The zero-order chi connectivity index (χ0) is 27.8. The minimum Gasteiger partial charge on any atom is -0.481 e. The zero-order valence-corrected chi connectivity index (χ0v) is 21.7. The number of hydrogen-bond donors (Lipinski definition) is 2. The average Bonchev–Trinajstić information content (AvgIpc) is 3.40. The Morgan fingerprint density at radius 2 is 1.73 bits per heavy atom. The molecule has 1 amide bonds. The number of carbonyl (C=O) groups excluding carboxylic acids is 1. The number of aryl methyl sites for hydroxylation is 1. The monoisotopic (exact) mass is 531 g/mol. The molecule has 1 atom stereocenters. The van der Waals surface area contributed by atoms with Crippen LogP contribution in [-0.2, 0) is 9.59 Å². The first-order valence-corrected chi connectivity index (χ1v) is 12.9. The summed E-state index contributed by atoms with van der Waals surface area (Å²) >= 11 is 0. The van der Waals surface area contributed by atoms with Gasteiger partial charge in [0, 0.05) is 41.7 Å². The van der Waals surface area contributed by atoms with E-state index in [4.69, 9.17) is 5.10 Å². The molecular formula is C31H25N5O4. The molecule has 0 bridgehead atoms. The first kappa shape index (κ1) is 25.1. The number of carbonyl (C=O) groups is 2. The third-order valence-electron chi connectivity index (χ3n) is 7.12. The molecule has 3 aromatic carbocycles. The fourth-order valence-electron chi connectivity index (χ4n) is 5.26. The molecule has 0 saturated carbocycles. The van der Waals surface area contributed by atoms with Crippen molar-refractivity contribution in [3.05, 3.63) is 106 Å². The maximum atomic E-state index is 13.7. The average molecular weight is 532 g/mol. The highest BCUT2D eigenvalue weighted by Gasteiger charge is 2.35. The lowest BCUT2D eigenvalue weighted by Gasteiger charge is -2.22. The van der Waals surface area contributed by atoms with Gasteiger partial charge in [-0.15, -0.1) is 0 Å². The van der Waals surface area contributed by atoms with Crippen LogP contribution in [-0.4, -0.2) is 42.7 Å². The van der Waals surface area contributed by atoms with E-state index in [0.717, 1.165) is 27.6 Å². The van der Waals surface area contributed by atoms with E-state index in [-0.39, 0.29) is 24.8 Å². The largest absolute Gasteiger partial charge is 0.481 e. The number of carboxylic acids is 1. The lowest BCUT2D eigenvalue weighted by Crippen LogP contribution is -2.27. The van der Waals surface area contributed by atoms with E-state index in [0.29, 0.717) is 27.8 Å². The van der Waals surface area contributed by atoms with E-state index in [9.17, 15) is 19.5 Å². The Balaban J connectivity index is 1.52. The Kier molecular flexibility index (Phi) is 6.39. The van der Waals surface area contributed by atoms with Crippen molar-refractivity contribution in [3.63, 3.8) is 0 Å². The molecule has 5 aromatic rings. The van der Waals surface area contributed by atoms with E-state index >= 15 is 0 Å². The third-order valence-corrected chi connectivity index (χ3v) is 7.12. The molecule has 6 rings (SSSR count). The van der Waals surface area contributed by atoms with Crippen LogP contribution in [0.15, 0.2) is 89.0 Å². The van der Waals surface area contributed by atoms with E-state index in [2.05, 4.69) is 15.0 Å². The number of hydrogen-bond acceptors (Lipinski definition) is 6. The van der Waals surface area contributed by atoms with Crippen LogP contribution in [0, 0.1) is 6.92 Å². The maximum absolute atomic E-state index is 13.7. The first-order valence-electron chi connectivity index (χ1n) is 12.9. The second-order valence-corrected chi connectivity index (χ2v) is 9.82. The predicted octanol–water partition coefficient (Wildman–Crippen LogP) is 4.99. The minimum atomic E-state index is -1.07. The van der Waals surface area contributed by atoms with Crippen molar-refractivity contribution in [1.82, 2.24) is 20.0 Å². The Morgan fingerprint density at radius 3 is 2.50 bits per heavy atom. The van der Waals surface area contributed by atoms with Crippen molar-refractivity contribution >= 4 is 39.5 Å². The number of nitrogens with one attached hydrogen (secondary N) is 1. The van der Waals surface area contributed by atoms with Gasteiger partial charge in [-0.05, 0) is 41.8 Å². The molecule has 40 heavy (non-hydrogen) atoms. The summed E-state index contributed by atoms with van der Waals surface area (Å²) in [5.41, 5.74) is 6.00. The SMILES string of the molecule is Cc1ccc2c(-c3ccccc3)c(C3=NN(C(=O)CCC(=O)O)[C@H](c4ccc5nccnc5c4)C3)c(=O)[nH]c2c1. The summed E-state index contributed by atoms with van der Waals surface area (Å²) in [5.74, 6) is -1.50. The summed E-state index contributed by atoms with van der Waals surface area (Å²) in [6, 6.07) is 20.6. The quantitative estimate of drug-likeness (QED) is 0.318. The molecular weight excluding hydrogens is 506 g/mol. The van der Waals surface area contributed by atoms with Crippen LogP contribution in [0.25, 0.3) is 33.1 Å². The van der Waals surface area contributed by atoms with E-state index < -0.39 is 17.9 Å². The van der Waals surface area contributed by atoms with Gasteiger partial charge in [-0.2, -0.15) is 5.10 Å². The molecule has 9 nitrogen and oxygen atoms in total. The van der Waals surface area contributed by atoms with Gasteiger partial charge in [0.05, 0.1) is 34.8 Å². The second-order valence-electron chi connectivity index (χ2n) is 9.82. The number of H-pyrrole nitrogens is 1. The minimum absolute atomic E-state index is 0.213. The van der Waals surface area contributed by atoms with Gasteiger partial charge in [0.1, 0.15) is 0 Å². The van der Waals surface area contributed by atoms with Crippen LogP contribution >= 0.6 is 0 Å². The number of rotatable bonds is 6. The van der Waals surface area contributed by atoms with Crippen LogP contribution in [0.4, 0.5) is 0 Å². The highest BCUT2D eigenvalue weighted by molar-refractivity contribution is 6.13. The van der Waals surface area contributed by atoms with Gasteiger partial charge in [0.2, 0.25) is 5.91 Å². The number of carboxylic acid groups (broad SMARTS) is 1. The van der Waals surface area contributed by atoms with Crippen molar-refractivity contribution in [2.45, 2.75) is 32.2 Å². The number of hydrazone groups is 1. The third kappa shape index (κ3) is 4.62. The molecule has 2 N–H and O–H groups in total. The highest BCUT2D eigenvalue weighted by Crippen LogP contribution is 2.37. The summed E-state index contributed by atoms with van der Waals surface area (Å²) in [7, 11) is 0. The first-order chi connectivity index (χ1) is 19.4. The lowest BCUT2D eigenvalue weighted by atomic mass is 9.90. The molecule has 9 heteroatoms. The highest BCUT2D eigenvalue weighted by atomic mass is 16.4. The number of aliphatic carboxylic acids is 1. The van der Waals surface area contributed by atoms with Crippen molar-refractivity contribution in [2.75, 3.05) is 0 Å². The molecule has 198 valence electrons. The van der Waals surface area contributed by atoms with Crippen molar-refractivity contribution < 1.29 is 14.7 Å². The fourth-order valence-corrected chi connectivity index (χ4v) is 5.26. The lowest BCUT2D eigenvalue weighted by molar-refractivity contribution is -0.141. The fraction of sp³-hybridized carbons (Fsp3) is 0.161. The Morgan fingerprint density at radius 1 is 0.950 bits per heavy atom. The van der Waals surface area contributed by atoms with Crippen LogP contribution in [0.5, 0.6) is 0 Å². The normalized spacial score (nSPS) is 15.0. The molecule has 2 aromatic heterocycles. The number of benzene rings is 3. The standard InChI is InChI=1S/C31H25N5O4/c1-18-7-9-21-23(15-18)34-31(40)30(29(21)19-5-3-2-4-6-19)25-17-26(36(35-25)27(37)11-12-28(38)39)20-8-10-22-24(16-20)33-14-13-32-22/h2-10,13-16,26H,11-12,17H2,1H3,(H,34,40)(H,38,39)/t26-/m0/s1. The number of amides is 1. The smallest absolute Gasteiger partial charge is 0.303 e. The Hall–Kier alpha value is -5.18. The van der Waals surface area contributed by atoms with Gasteiger partial charge in [0.15, 0.2) is 0 Å².